The Kier molecular flexibility index (Phi) is 8.27. The summed E-state index contributed by atoms with van der Waals surface area (Å²) < 4.78 is 21.0. The number of nitrogens with zero attached hydrogens (tertiary/aromatic N) is 2. The minimum atomic E-state index is -1.33. The van der Waals surface area contributed by atoms with Crippen molar-refractivity contribution in [2.45, 2.75) is 38.3 Å². The Morgan fingerprint density at radius 1 is 1.37 bits per heavy atom. The number of hydrogen-bond acceptors (Lipinski definition) is 5. The molecule has 1 aromatic carbocycles. The van der Waals surface area contributed by atoms with Gasteiger partial charge in [-0.05, 0) is 73.8 Å². The lowest BCUT2D eigenvalue weighted by Gasteiger charge is -2.41. The number of pyridine rings is 1. The number of aromatic nitrogens is 1. The predicted octanol–water partition coefficient (Wildman–Crippen LogP) is 6.36. The van der Waals surface area contributed by atoms with Gasteiger partial charge in [0.15, 0.2) is 0 Å². The van der Waals surface area contributed by atoms with Gasteiger partial charge in [0.2, 0.25) is 0 Å². The first-order valence-corrected chi connectivity index (χ1v) is 12.9. The van der Waals surface area contributed by atoms with E-state index in [9.17, 15) is 9.90 Å². The fraction of sp³-hybridized carbons (Fsp3) is 0.407. The summed E-state index contributed by atoms with van der Waals surface area (Å²) in [5.41, 5.74) is 0.591. The third-order valence-corrected chi connectivity index (χ3v) is 7.87. The lowest BCUT2D eigenvalue weighted by molar-refractivity contribution is -0.141. The van der Waals surface area contributed by atoms with Crippen molar-refractivity contribution in [1.82, 2.24) is 9.88 Å². The second-order valence-electron chi connectivity index (χ2n) is 9.03. The number of fused-ring (bicyclic) bond motifs is 1. The fourth-order valence-electron chi connectivity index (χ4n) is 4.80. The number of alkyl halides is 1. The van der Waals surface area contributed by atoms with Crippen molar-refractivity contribution >= 4 is 39.8 Å². The topological polar surface area (TPSA) is 62.7 Å². The first-order chi connectivity index (χ1) is 16.9. The van der Waals surface area contributed by atoms with E-state index in [4.69, 9.17) is 16.3 Å². The van der Waals surface area contributed by atoms with Crippen molar-refractivity contribution in [2.24, 2.45) is 5.41 Å². The van der Waals surface area contributed by atoms with Crippen LogP contribution in [-0.2, 0) is 4.79 Å². The molecule has 0 unspecified atom stereocenters. The van der Waals surface area contributed by atoms with E-state index >= 15 is 4.39 Å². The van der Waals surface area contributed by atoms with Gasteiger partial charge >= 0.3 is 5.97 Å². The molecule has 3 heterocycles. The Hall–Kier alpha value is -2.66. The molecule has 0 spiro atoms. The molecule has 1 aliphatic rings. The summed E-state index contributed by atoms with van der Waals surface area (Å²) in [6.07, 6.45) is 2.24. The third kappa shape index (κ3) is 6.32. The van der Waals surface area contributed by atoms with Gasteiger partial charge in [-0.3, -0.25) is 14.7 Å². The molecule has 0 bridgehead atoms. The molecule has 1 N–H and O–H groups in total. The number of benzene rings is 1. The summed E-state index contributed by atoms with van der Waals surface area (Å²) in [4.78, 5) is 19.3. The number of halogens is 2. The average Bonchev–Trinajstić information content (AvgIpc) is 3.36. The van der Waals surface area contributed by atoms with Crippen LogP contribution in [0.25, 0.3) is 10.9 Å². The Bertz CT molecular complexity index is 1230. The molecule has 3 aromatic rings. The fourth-order valence-corrected chi connectivity index (χ4v) is 5.66. The minimum Gasteiger partial charge on any atom is -0.497 e. The Balaban J connectivity index is 1.44. The molecule has 1 aliphatic heterocycles. The number of aliphatic carboxylic acids is 1. The van der Waals surface area contributed by atoms with Crippen molar-refractivity contribution in [2.75, 3.05) is 26.7 Å². The van der Waals surface area contributed by atoms with Gasteiger partial charge in [0.1, 0.15) is 11.9 Å². The maximum atomic E-state index is 15.7. The standard InChI is InChI=1S/C27H28ClFN2O3S/c1-34-19-6-7-24-21(16-19)26(22(28)18-30-24)23(29)8-9-27(17-25(32)33)10-13-31(14-11-27)12-2-4-20-5-3-15-35-20/h3,5-7,15-16,18,23H,8-14,17H2,1H3,(H,32,33)/t23-/m0/s1. The van der Waals surface area contributed by atoms with Crippen molar-refractivity contribution in [3.63, 3.8) is 0 Å². The lowest BCUT2D eigenvalue weighted by atomic mass is 9.71. The molecule has 0 radical (unpaired) electrons. The highest BCUT2D eigenvalue weighted by Crippen LogP contribution is 2.44. The summed E-state index contributed by atoms with van der Waals surface area (Å²) >= 11 is 8.00. The average molecular weight is 515 g/mol. The van der Waals surface area contributed by atoms with Crippen LogP contribution < -0.4 is 4.74 Å². The predicted molar refractivity (Wildman–Crippen MR) is 138 cm³/mol. The number of hydrogen-bond donors (Lipinski definition) is 1. The van der Waals surface area contributed by atoms with E-state index in [1.165, 1.54) is 6.20 Å². The van der Waals surface area contributed by atoms with Gasteiger partial charge in [0.05, 0.1) is 35.5 Å². The SMILES string of the molecule is COc1ccc2ncc(Cl)c([C@@H](F)CCC3(CC(=O)O)CCN(CC#Cc4cccs4)CC3)c2c1. The number of methoxy groups -OCH3 is 1. The van der Waals surface area contributed by atoms with E-state index in [0.717, 1.165) is 18.0 Å². The first kappa shape index (κ1) is 25.4. The van der Waals surface area contributed by atoms with Crippen LogP contribution in [0.4, 0.5) is 4.39 Å². The van der Waals surface area contributed by atoms with Crippen LogP contribution in [0.5, 0.6) is 5.75 Å². The molecule has 0 aliphatic carbocycles. The number of carbonyl (C=O) groups is 1. The summed E-state index contributed by atoms with van der Waals surface area (Å²) in [6.45, 7) is 2.15. The van der Waals surface area contributed by atoms with Crippen LogP contribution in [-0.4, -0.2) is 47.7 Å². The lowest BCUT2D eigenvalue weighted by Crippen LogP contribution is -2.41. The summed E-state index contributed by atoms with van der Waals surface area (Å²) in [5, 5.41) is 12.5. The zero-order chi connectivity index (χ0) is 24.8. The molecule has 2 aromatic heterocycles. The van der Waals surface area contributed by atoms with E-state index in [2.05, 4.69) is 21.7 Å². The smallest absolute Gasteiger partial charge is 0.303 e. The van der Waals surface area contributed by atoms with Crippen molar-refractivity contribution in [3.8, 4) is 17.6 Å². The van der Waals surface area contributed by atoms with Gasteiger partial charge in [-0.25, -0.2) is 4.39 Å². The molecule has 4 rings (SSSR count). The molecule has 0 amide bonds. The zero-order valence-electron chi connectivity index (χ0n) is 19.6. The number of piperidine rings is 1. The van der Waals surface area contributed by atoms with E-state index in [1.807, 2.05) is 17.5 Å². The highest BCUT2D eigenvalue weighted by atomic mass is 35.5. The molecule has 184 valence electrons. The van der Waals surface area contributed by atoms with Gasteiger partial charge < -0.3 is 9.84 Å². The van der Waals surface area contributed by atoms with Crippen LogP contribution in [0.1, 0.15) is 48.7 Å². The first-order valence-electron chi connectivity index (χ1n) is 11.6. The van der Waals surface area contributed by atoms with Crippen LogP contribution >= 0.6 is 22.9 Å². The maximum Gasteiger partial charge on any atom is 0.303 e. The monoisotopic (exact) mass is 514 g/mol. The Labute approximate surface area is 213 Å². The number of ether oxygens (including phenoxy) is 1. The number of carboxylic acids is 1. The van der Waals surface area contributed by atoms with Crippen molar-refractivity contribution < 1.29 is 19.0 Å². The second-order valence-corrected chi connectivity index (χ2v) is 10.4. The molecule has 1 atom stereocenters. The van der Waals surface area contributed by atoms with Crippen LogP contribution in [0.15, 0.2) is 41.9 Å². The number of rotatable bonds is 8. The highest BCUT2D eigenvalue weighted by Gasteiger charge is 2.37. The van der Waals surface area contributed by atoms with Crippen LogP contribution in [0.2, 0.25) is 5.02 Å². The van der Waals surface area contributed by atoms with Gasteiger partial charge in [-0.2, -0.15) is 0 Å². The largest absolute Gasteiger partial charge is 0.497 e. The van der Waals surface area contributed by atoms with Crippen LogP contribution in [0, 0.1) is 17.3 Å². The number of likely N-dealkylation sites (tertiary alicyclic amines) is 1. The van der Waals surface area contributed by atoms with Gasteiger partial charge in [-0.15, -0.1) is 11.3 Å². The van der Waals surface area contributed by atoms with Gasteiger partial charge in [-0.1, -0.05) is 29.5 Å². The van der Waals surface area contributed by atoms with E-state index in [1.54, 1.807) is 36.6 Å². The summed E-state index contributed by atoms with van der Waals surface area (Å²) in [7, 11) is 1.56. The number of carboxylic acid groups (broad SMARTS) is 1. The van der Waals surface area contributed by atoms with Gasteiger partial charge in [0.25, 0.3) is 0 Å². The normalized spacial score (nSPS) is 16.4. The Morgan fingerprint density at radius 3 is 2.86 bits per heavy atom. The minimum absolute atomic E-state index is 0.0348. The zero-order valence-corrected chi connectivity index (χ0v) is 21.2. The van der Waals surface area contributed by atoms with Crippen molar-refractivity contribution in [1.29, 1.82) is 0 Å². The molecule has 35 heavy (non-hydrogen) atoms. The molecule has 1 fully saturated rings. The third-order valence-electron chi connectivity index (χ3n) is 6.79. The van der Waals surface area contributed by atoms with Gasteiger partial charge in [0, 0.05) is 17.1 Å². The maximum absolute atomic E-state index is 15.7. The molecule has 5 nitrogen and oxygen atoms in total. The highest BCUT2D eigenvalue weighted by molar-refractivity contribution is 7.10. The molecular formula is C27H28ClFN2O3S. The summed E-state index contributed by atoms with van der Waals surface area (Å²) in [5.74, 6) is 6.14. The molecule has 1 saturated heterocycles. The molecular weight excluding hydrogens is 487 g/mol. The second kappa shape index (κ2) is 11.4. The van der Waals surface area contributed by atoms with E-state index in [0.29, 0.717) is 48.0 Å². The summed E-state index contributed by atoms with van der Waals surface area (Å²) in [6, 6.07) is 9.28. The van der Waals surface area contributed by atoms with E-state index < -0.39 is 17.6 Å². The molecule has 0 saturated carbocycles. The van der Waals surface area contributed by atoms with Crippen LogP contribution in [0.3, 0.4) is 0 Å². The van der Waals surface area contributed by atoms with Crippen molar-refractivity contribution in [3.05, 3.63) is 57.4 Å². The number of thiophene rings is 1. The quantitative estimate of drug-likeness (QED) is 0.354. The molecule has 8 heteroatoms. The van der Waals surface area contributed by atoms with E-state index in [-0.39, 0.29) is 17.9 Å². The Morgan fingerprint density at radius 2 is 2.17 bits per heavy atom.